The molecule has 0 unspecified atom stereocenters. The largest absolute Gasteiger partial charge is 0.488 e. The van der Waals surface area contributed by atoms with E-state index in [9.17, 15) is 14.9 Å². The summed E-state index contributed by atoms with van der Waals surface area (Å²) < 4.78 is 55.9. The van der Waals surface area contributed by atoms with Crippen LogP contribution in [-0.2, 0) is 63.3 Å². The van der Waals surface area contributed by atoms with Crippen LogP contribution in [-0.4, -0.2) is 35.9 Å². The van der Waals surface area contributed by atoms with E-state index in [2.05, 4.69) is 0 Å². The maximum Gasteiger partial charge on any atom is 0.269 e. The first-order chi connectivity index (χ1) is 36.9. The smallest absolute Gasteiger partial charge is 0.269 e. The highest BCUT2D eigenvalue weighted by Gasteiger charge is 2.51. The standard InChI is InChI=1S/C63H55NO11/c65-52-35-53(50-29-17-6-18-30-50)74-60-57(52)54(69-38-45-21-9-2-10-22-45)36-55(70-39-46-23-11-3-12-24-46)58(60)61-63(73-42-49-31-33-51(34-32-49)64(66)67)62(72-41-48-27-15-5-16-28-48)59(71-40-47-25-13-4-14-26-47)56(75-61)43-68-37-44-19-7-1-8-20-44/h1-36,56,59,61-63H,37-43H2/t56-,59-,61+,62+,63+/m1/s1. The van der Waals surface area contributed by atoms with Crippen molar-refractivity contribution in [3.63, 3.8) is 0 Å². The molecule has 378 valence electrons. The highest BCUT2D eigenvalue weighted by atomic mass is 16.6. The summed E-state index contributed by atoms with van der Waals surface area (Å²) in [6.45, 7) is 0.947. The Kier molecular flexibility index (Phi) is 16.5. The van der Waals surface area contributed by atoms with Crippen molar-refractivity contribution >= 4 is 16.7 Å². The number of ether oxygens (including phenoxy) is 7. The fraction of sp³-hybridized carbons (Fsp3) is 0.190. The summed E-state index contributed by atoms with van der Waals surface area (Å²) in [6, 6.07) is 67.8. The number of fused-ring (bicyclic) bond motifs is 1. The molecule has 9 aromatic rings. The van der Waals surface area contributed by atoms with E-state index in [0.717, 1.165) is 27.8 Å². The molecule has 0 N–H and O–H groups in total. The zero-order valence-corrected chi connectivity index (χ0v) is 41.1. The topological polar surface area (TPSA) is 138 Å². The zero-order chi connectivity index (χ0) is 51.2. The molecule has 1 aliphatic heterocycles. The number of nitrogens with zero attached hydrogens (tertiary/aromatic N) is 1. The van der Waals surface area contributed by atoms with Crippen LogP contribution >= 0.6 is 0 Å². The van der Waals surface area contributed by atoms with Crippen LogP contribution in [0.25, 0.3) is 22.3 Å². The van der Waals surface area contributed by atoms with E-state index in [0.29, 0.717) is 28.2 Å². The van der Waals surface area contributed by atoms with Gasteiger partial charge in [0, 0.05) is 29.8 Å². The summed E-state index contributed by atoms with van der Waals surface area (Å²) in [5.74, 6) is 0.870. The predicted molar refractivity (Wildman–Crippen MR) is 285 cm³/mol. The molecule has 0 radical (unpaired) electrons. The van der Waals surface area contributed by atoms with Gasteiger partial charge >= 0.3 is 0 Å². The van der Waals surface area contributed by atoms with Gasteiger partial charge in [-0.25, -0.2) is 0 Å². The van der Waals surface area contributed by atoms with Crippen molar-refractivity contribution in [1.29, 1.82) is 0 Å². The van der Waals surface area contributed by atoms with Crippen molar-refractivity contribution < 1.29 is 42.5 Å². The molecule has 10 rings (SSSR count). The first kappa shape index (κ1) is 50.3. The number of nitro groups is 1. The summed E-state index contributed by atoms with van der Waals surface area (Å²) >= 11 is 0. The van der Waals surface area contributed by atoms with Gasteiger partial charge < -0.3 is 37.6 Å². The van der Waals surface area contributed by atoms with Gasteiger partial charge in [0.2, 0.25) is 0 Å². The van der Waals surface area contributed by atoms with E-state index in [4.69, 9.17) is 37.6 Å². The number of benzene rings is 8. The molecule has 1 saturated heterocycles. The summed E-state index contributed by atoms with van der Waals surface area (Å²) in [5, 5.41) is 11.9. The minimum Gasteiger partial charge on any atom is -0.488 e. The average Bonchev–Trinajstić information content (AvgIpc) is 3.48. The molecule has 1 aliphatic rings. The normalized spacial score (nSPS) is 17.4. The van der Waals surface area contributed by atoms with Gasteiger partial charge in [0.1, 0.15) is 66.4 Å². The van der Waals surface area contributed by atoms with Crippen molar-refractivity contribution in [3.05, 3.63) is 278 Å². The van der Waals surface area contributed by atoms with E-state index in [1.807, 2.05) is 182 Å². The lowest BCUT2D eigenvalue weighted by Crippen LogP contribution is -2.58. The van der Waals surface area contributed by atoms with Crippen LogP contribution in [0.3, 0.4) is 0 Å². The maximum atomic E-state index is 15.0. The van der Waals surface area contributed by atoms with Crippen molar-refractivity contribution in [2.45, 2.75) is 70.2 Å². The van der Waals surface area contributed by atoms with Crippen LogP contribution in [0.2, 0.25) is 0 Å². The number of rotatable bonds is 22. The molecule has 0 saturated carbocycles. The first-order valence-electron chi connectivity index (χ1n) is 24.9. The number of hydrogen-bond donors (Lipinski definition) is 0. The quantitative estimate of drug-likeness (QED) is 0.0474. The van der Waals surface area contributed by atoms with Crippen LogP contribution in [0.15, 0.2) is 228 Å². The van der Waals surface area contributed by atoms with E-state index in [1.54, 1.807) is 18.2 Å². The Balaban J connectivity index is 1.18. The van der Waals surface area contributed by atoms with Gasteiger partial charge in [-0.2, -0.15) is 0 Å². The Hall–Kier alpha value is -8.23. The molecular formula is C63H55NO11. The molecule has 8 aromatic carbocycles. The molecule has 12 heteroatoms. The number of hydrogen-bond acceptors (Lipinski definition) is 11. The second kappa shape index (κ2) is 24.7. The molecule has 1 aromatic heterocycles. The molecule has 75 heavy (non-hydrogen) atoms. The lowest BCUT2D eigenvalue weighted by atomic mass is 9.88. The highest BCUT2D eigenvalue weighted by molar-refractivity contribution is 5.90. The van der Waals surface area contributed by atoms with E-state index in [-0.39, 0.29) is 74.1 Å². The highest BCUT2D eigenvalue weighted by Crippen LogP contribution is 2.47. The third kappa shape index (κ3) is 12.8. The second-order valence-electron chi connectivity index (χ2n) is 18.2. The molecule has 1 fully saturated rings. The number of non-ortho nitro benzene ring substituents is 1. The predicted octanol–water partition coefficient (Wildman–Crippen LogP) is 12.9. The molecule has 0 amide bonds. The molecule has 2 heterocycles. The van der Waals surface area contributed by atoms with Crippen LogP contribution in [0.4, 0.5) is 5.69 Å². The molecule has 0 bridgehead atoms. The Bertz CT molecular complexity index is 3290. The fourth-order valence-electron chi connectivity index (χ4n) is 9.18. The third-order valence-corrected chi connectivity index (χ3v) is 13.0. The van der Waals surface area contributed by atoms with Crippen LogP contribution in [0.1, 0.15) is 45.0 Å². The van der Waals surface area contributed by atoms with E-state index >= 15 is 0 Å². The van der Waals surface area contributed by atoms with Crippen molar-refractivity contribution in [2.75, 3.05) is 6.61 Å². The molecule has 0 aliphatic carbocycles. The van der Waals surface area contributed by atoms with Gasteiger partial charge in [0.05, 0.1) is 43.5 Å². The van der Waals surface area contributed by atoms with Gasteiger partial charge in [0.25, 0.3) is 5.69 Å². The Morgan fingerprint density at radius 2 is 0.907 bits per heavy atom. The lowest BCUT2D eigenvalue weighted by molar-refractivity contribution is -0.384. The first-order valence-corrected chi connectivity index (χ1v) is 24.9. The molecule has 0 spiro atoms. The van der Waals surface area contributed by atoms with Gasteiger partial charge in [-0.1, -0.05) is 182 Å². The maximum absolute atomic E-state index is 15.0. The molecule has 5 atom stereocenters. The van der Waals surface area contributed by atoms with Gasteiger partial charge in [-0.15, -0.1) is 0 Å². The fourth-order valence-corrected chi connectivity index (χ4v) is 9.18. The van der Waals surface area contributed by atoms with Crippen molar-refractivity contribution in [2.24, 2.45) is 0 Å². The van der Waals surface area contributed by atoms with Gasteiger partial charge in [-0.05, 0) is 45.5 Å². The third-order valence-electron chi connectivity index (χ3n) is 13.0. The van der Waals surface area contributed by atoms with Crippen LogP contribution < -0.4 is 14.9 Å². The summed E-state index contributed by atoms with van der Waals surface area (Å²) in [5.41, 5.74) is 6.04. The second-order valence-corrected chi connectivity index (χ2v) is 18.2. The van der Waals surface area contributed by atoms with Crippen molar-refractivity contribution in [1.82, 2.24) is 0 Å². The minimum atomic E-state index is -1.11. The molecule has 12 nitrogen and oxygen atoms in total. The summed E-state index contributed by atoms with van der Waals surface area (Å²) in [4.78, 5) is 26.3. The zero-order valence-electron chi connectivity index (χ0n) is 41.1. The van der Waals surface area contributed by atoms with Crippen molar-refractivity contribution in [3.8, 4) is 22.8 Å². The van der Waals surface area contributed by atoms with E-state index < -0.39 is 35.4 Å². The Morgan fingerprint density at radius 3 is 1.43 bits per heavy atom. The monoisotopic (exact) mass is 1000 g/mol. The minimum absolute atomic E-state index is 0.0239. The van der Waals surface area contributed by atoms with Crippen LogP contribution in [0.5, 0.6) is 11.5 Å². The average molecular weight is 1000 g/mol. The summed E-state index contributed by atoms with van der Waals surface area (Å²) in [6.07, 6.45) is -4.68. The van der Waals surface area contributed by atoms with Gasteiger partial charge in [0.15, 0.2) is 11.0 Å². The lowest BCUT2D eigenvalue weighted by Gasteiger charge is -2.46. The Labute approximate surface area is 434 Å². The SMILES string of the molecule is O=c1cc(-c2ccccc2)oc2c([C@@H]3O[C@H](COCc4ccccc4)[C@@H](OCc4ccccc4)[C@H](OCc4ccccc4)[C@H]3OCc3ccc([N+](=O)[O-])cc3)c(OCc3ccccc3)cc(OCc3ccccc3)c12. The molecular weight excluding hydrogens is 947 g/mol. The summed E-state index contributed by atoms with van der Waals surface area (Å²) in [7, 11) is 0. The van der Waals surface area contributed by atoms with Crippen LogP contribution in [0, 0.1) is 10.1 Å². The van der Waals surface area contributed by atoms with E-state index in [1.165, 1.54) is 18.2 Å². The number of nitro benzene ring substituents is 1. The Morgan fingerprint density at radius 1 is 0.467 bits per heavy atom. The van der Waals surface area contributed by atoms with Gasteiger partial charge in [-0.3, -0.25) is 14.9 Å².